The predicted octanol–water partition coefficient (Wildman–Crippen LogP) is 2.06. The van der Waals surface area contributed by atoms with E-state index < -0.39 is 0 Å². The van der Waals surface area contributed by atoms with Crippen molar-refractivity contribution in [3.8, 4) is 0 Å². The van der Waals surface area contributed by atoms with Crippen LogP contribution >= 0.6 is 11.3 Å². The molecule has 0 bridgehead atoms. The standard InChI is InChI=1S/C13H19N3O2S/c1-9(17)11-8-19-13(15-11)16-12(18)5-4-10-3-2-6-14-7-10/h8,10,14H,2-7H2,1H3,(H,15,16,18). The third kappa shape index (κ3) is 4.40. The van der Waals surface area contributed by atoms with Crippen molar-refractivity contribution >= 4 is 28.2 Å². The Kier molecular flexibility index (Phi) is 5.04. The molecular formula is C13H19N3O2S. The summed E-state index contributed by atoms with van der Waals surface area (Å²) in [4.78, 5) is 27.0. The topological polar surface area (TPSA) is 71.1 Å². The molecule has 19 heavy (non-hydrogen) atoms. The Hall–Kier alpha value is -1.27. The number of ketones is 1. The van der Waals surface area contributed by atoms with Crippen LogP contribution in [0.15, 0.2) is 5.38 Å². The van der Waals surface area contributed by atoms with Crippen LogP contribution in [-0.4, -0.2) is 29.8 Å². The van der Waals surface area contributed by atoms with Gasteiger partial charge < -0.3 is 10.6 Å². The number of nitrogens with one attached hydrogen (secondary N) is 2. The lowest BCUT2D eigenvalue weighted by molar-refractivity contribution is -0.116. The number of carbonyl (C=O) groups excluding carboxylic acids is 2. The number of Topliss-reactive ketones (excluding diaryl/α,β-unsaturated/α-hetero) is 1. The molecule has 0 aliphatic carbocycles. The molecule has 0 saturated carbocycles. The zero-order valence-corrected chi connectivity index (χ0v) is 11.9. The van der Waals surface area contributed by atoms with E-state index in [1.807, 2.05) is 0 Å². The number of carbonyl (C=O) groups is 2. The molecule has 0 spiro atoms. The van der Waals surface area contributed by atoms with Gasteiger partial charge in [0.2, 0.25) is 5.91 Å². The van der Waals surface area contributed by atoms with E-state index in [2.05, 4.69) is 15.6 Å². The van der Waals surface area contributed by atoms with Gasteiger partial charge in [-0.25, -0.2) is 4.98 Å². The first-order chi connectivity index (χ1) is 9.15. The van der Waals surface area contributed by atoms with E-state index in [0.717, 1.165) is 19.5 Å². The second-order valence-corrected chi connectivity index (χ2v) is 5.75. The van der Waals surface area contributed by atoms with Crippen LogP contribution in [0.4, 0.5) is 5.13 Å². The summed E-state index contributed by atoms with van der Waals surface area (Å²) in [5, 5.41) is 8.28. The van der Waals surface area contributed by atoms with Crippen molar-refractivity contribution < 1.29 is 9.59 Å². The predicted molar refractivity (Wildman–Crippen MR) is 75.6 cm³/mol. The number of hydrogen-bond acceptors (Lipinski definition) is 5. The number of rotatable bonds is 5. The first-order valence-electron chi connectivity index (χ1n) is 6.62. The molecule has 0 radical (unpaired) electrons. The number of piperidine rings is 1. The molecule has 1 aliphatic rings. The Balaban J connectivity index is 1.75. The van der Waals surface area contributed by atoms with Crippen molar-refractivity contribution in [1.29, 1.82) is 0 Å². The third-order valence-corrected chi connectivity index (χ3v) is 4.05. The highest BCUT2D eigenvalue weighted by Gasteiger charge is 2.15. The van der Waals surface area contributed by atoms with Gasteiger partial charge in [-0.3, -0.25) is 9.59 Å². The van der Waals surface area contributed by atoms with Gasteiger partial charge in [0, 0.05) is 18.7 Å². The van der Waals surface area contributed by atoms with Crippen molar-refractivity contribution in [3.63, 3.8) is 0 Å². The molecule has 1 fully saturated rings. The van der Waals surface area contributed by atoms with Crippen LogP contribution < -0.4 is 10.6 Å². The zero-order valence-electron chi connectivity index (χ0n) is 11.1. The number of anilines is 1. The molecule has 1 aliphatic heterocycles. The molecule has 1 aromatic rings. The average molecular weight is 281 g/mol. The molecule has 1 atom stereocenters. The van der Waals surface area contributed by atoms with Gasteiger partial charge in [0.05, 0.1) is 0 Å². The summed E-state index contributed by atoms with van der Waals surface area (Å²) in [5.74, 6) is 0.503. The van der Waals surface area contributed by atoms with Gasteiger partial charge in [0.1, 0.15) is 5.69 Å². The molecule has 2 heterocycles. The first kappa shape index (κ1) is 14.1. The summed E-state index contributed by atoms with van der Waals surface area (Å²) >= 11 is 1.29. The number of aromatic nitrogens is 1. The Morgan fingerprint density at radius 2 is 2.42 bits per heavy atom. The van der Waals surface area contributed by atoms with Gasteiger partial charge in [0.15, 0.2) is 10.9 Å². The molecule has 1 unspecified atom stereocenters. The second kappa shape index (κ2) is 6.77. The van der Waals surface area contributed by atoms with Crippen LogP contribution in [0.5, 0.6) is 0 Å². The molecule has 2 N–H and O–H groups in total. The summed E-state index contributed by atoms with van der Waals surface area (Å²) < 4.78 is 0. The smallest absolute Gasteiger partial charge is 0.226 e. The van der Waals surface area contributed by atoms with E-state index in [1.165, 1.54) is 31.1 Å². The van der Waals surface area contributed by atoms with Crippen molar-refractivity contribution in [1.82, 2.24) is 10.3 Å². The highest BCUT2D eigenvalue weighted by molar-refractivity contribution is 7.14. The molecule has 1 amide bonds. The molecule has 1 saturated heterocycles. The first-order valence-corrected chi connectivity index (χ1v) is 7.50. The van der Waals surface area contributed by atoms with Crippen LogP contribution in [-0.2, 0) is 4.79 Å². The minimum atomic E-state index is -0.0787. The molecule has 6 heteroatoms. The Morgan fingerprint density at radius 1 is 1.58 bits per heavy atom. The third-order valence-electron chi connectivity index (χ3n) is 3.29. The van der Waals surface area contributed by atoms with Crippen LogP contribution in [0.25, 0.3) is 0 Å². The molecule has 1 aromatic heterocycles. The highest BCUT2D eigenvalue weighted by atomic mass is 32.1. The van der Waals surface area contributed by atoms with Crippen LogP contribution in [0.2, 0.25) is 0 Å². The Morgan fingerprint density at radius 3 is 3.05 bits per heavy atom. The normalized spacial score (nSPS) is 19.1. The molecule has 5 nitrogen and oxygen atoms in total. The summed E-state index contributed by atoms with van der Waals surface area (Å²) in [5.41, 5.74) is 0.414. The van der Waals surface area contributed by atoms with Crippen LogP contribution in [0, 0.1) is 5.92 Å². The second-order valence-electron chi connectivity index (χ2n) is 4.89. The fraction of sp³-hybridized carbons (Fsp3) is 0.615. The van der Waals surface area contributed by atoms with Gasteiger partial charge in [-0.15, -0.1) is 11.3 Å². The minimum Gasteiger partial charge on any atom is -0.316 e. The van der Waals surface area contributed by atoms with E-state index in [4.69, 9.17) is 0 Å². The summed E-state index contributed by atoms with van der Waals surface area (Å²) in [6, 6.07) is 0. The van der Waals surface area contributed by atoms with E-state index >= 15 is 0 Å². The maximum Gasteiger partial charge on any atom is 0.226 e. The van der Waals surface area contributed by atoms with Crippen molar-refractivity contribution in [2.24, 2.45) is 5.92 Å². The van der Waals surface area contributed by atoms with Gasteiger partial charge in [-0.1, -0.05) is 0 Å². The molecule has 104 valence electrons. The number of amides is 1. The molecule has 0 aromatic carbocycles. The monoisotopic (exact) mass is 281 g/mol. The zero-order chi connectivity index (χ0) is 13.7. The SMILES string of the molecule is CC(=O)c1csc(NC(=O)CCC2CCCNC2)n1. The lowest BCUT2D eigenvalue weighted by atomic mass is 9.94. The van der Waals surface area contributed by atoms with Gasteiger partial charge in [-0.05, 0) is 38.3 Å². The molecular weight excluding hydrogens is 262 g/mol. The quantitative estimate of drug-likeness (QED) is 0.810. The van der Waals surface area contributed by atoms with Crippen LogP contribution in [0.3, 0.4) is 0 Å². The lowest BCUT2D eigenvalue weighted by Crippen LogP contribution is -2.30. The Bertz CT molecular complexity index is 452. The summed E-state index contributed by atoms with van der Waals surface area (Å²) in [6.45, 7) is 3.57. The Labute approximate surface area is 116 Å². The largest absolute Gasteiger partial charge is 0.316 e. The van der Waals surface area contributed by atoms with E-state index in [0.29, 0.717) is 23.2 Å². The number of nitrogens with zero attached hydrogens (tertiary/aromatic N) is 1. The fourth-order valence-corrected chi connectivity index (χ4v) is 2.95. The lowest BCUT2D eigenvalue weighted by Gasteiger charge is -2.22. The van der Waals surface area contributed by atoms with Crippen molar-refractivity contribution in [2.45, 2.75) is 32.6 Å². The van der Waals surface area contributed by atoms with Gasteiger partial charge in [0.25, 0.3) is 0 Å². The van der Waals surface area contributed by atoms with Crippen molar-refractivity contribution in [3.05, 3.63) is 11.1 Å². The van der Waals surface area contributed by atoms with Crippen molar-refractivity contribution in [2.75, 3.05) is 18.4 Å². The number of hydrogen-bond donors (Lipinski definition) is 2. The fourth-order valence-electron chi connectivity index (χ4n) is 2.18. The van der Waals surface area contributed by atoms with Crippen LogP contribution in [0.1, 0.15) is 43.1 Å². The van der Waals surface area contributed by atoms with E-state index in [-0.39, 0.29) is 11.7 Å². The highest BCUT2D eigenvalue weighted by Crippen LogP contribution is 2.18. The molecule has 2 rings (SSSR count). The van der Waals surface area contributed by atoms with Gasteiger partial charge in [-0.2, -0.15) is 0 Å². The van der Waals surface area contributed by atoms with E-state index in [9.17, 15) is 9.59 Å². The summed E-state index contributed by atoms with van der Waals surface area (Å²) in [7, 11) is 0. The number of thiazole rings is 1. The summed E-state index contributed by atoms with van der Waals surface area (Å²) in [6.07, 6.45) is 3.82. The van der Waals surface area contributed by atoms with Gasteiger partial charge >= 0.3 is 0 Å². The maximum absolute atomic E-state index is 11.8. The van der Waals surface area contributed by atoms with E-state index in [1.54, 1.807) is 5.38 Å². The maximum atomic E-state index is 11.8. The minimum absolute atomic E-state index is 0.0185. The average Bonchev–Trinajstić information content (AvgIpc) is 2.86.